The van der Waals surface area contributed by atoms with E-state index in [9.17, 15) is 14.9 Å². The predicted molar refractivity (Wildman–Crippen MR) is 93.0 cm³/mol. The van der Waals surface area contributed by atoms with Crippen molar-refractivity contribution in [2.45, 2.75) is 23.7 Å². The van der Waals surface area contributed by atoms with Crippen molar-refractivity contribution < 1.29 is 14.3 Å². The van der Waals surface area contributed by atoms with Crippen LogP contribution in [0.15, 0.2) is 59.5 Å². The van der Waals surface area contributed by atoms with Gasteiger partial charge in [0.15, 0.2) is 11.2 Å². The zero-order valence-corrected chi connectivity index (χ0v) is 14.1. The molecule has 0 aliphatic carbocycles. The first-order chi connectivity index (χ1) is 11.5. The van der Waals surface area contributed by atoms with Crippen molar-refractivity contribution in [2.75, 3.05) is 6.61 Å². The van der Waals surface area contributed by atoms with Gasteiger partial charge >= 0.3 is 5.97 Å². The highest BCUT2D eigenvalue weighted by Crippen LogP contribution is 2.31. The average molecular weight is 339 g/mol. The molecule has 0 amide bonds. The van der Waals surface area contributed by atoms with E-state index in [-0.39, 0.29) is 18.8 Å². The number of ether oxygens (including phenoxy) is 1. The van der Waals surface area contributed by atoms with Crippen molar-refractivity contribution in [3.63, 3.8) is 0 Å². The van der Waals surface area contributed by atoms with Crippen molar-refractivity contribution in [3.8, 4) is 6.07 Å². The molecule has 122 valence electrons. The number of benzene rings is 2. The van der Waals surface area contributed by atoms with Crippen LogP contribution in [0.25, 0.3) is 0 Å². The Morgan fingerprint density at radius 1 is 1.12 bits per heavy atom. The molecular formula is C19H17NO3S. The topological polar surface area (TPSA) is 67.2 Å². The largest absolute Gasteiger partial charge is 0.465 e. The minimum Gasteiger partial charge on any atom is -0.465 e. The molecule has 0 spiro atoms. The molecule has 0 fully saturated rings. The van der Waals surface area contributed by atoms with Crippen LogP contribution in [-0.4, -0.2) is 18.4 Å². The number of esters is 1. The molecule has 0 saturated heterocycles. The Bertz CT molecular complexity index is 783. The number of ketones is 1. The molecular weight excluding hydrogens is 322 g/mol. The van der Waals surface area contributed by atoms with E-state index in [1.54, 1.807) is 61.5 Å². The molecule has 2 rings (SSSR count). The molecule has 0 aromatic heterocycles. The van der Waals surface area contributed by atoms with Gasteiger partial charge in [-0.25, -0.2) is 4.79 Å². The molecule has 24 heavy (non-hydrogen) atoms. The molecule has 2 aromatic rings. The number of rotatable bonds is 6. The lowest BCUT2D eigenvalue weighted by Crippen LogP contribution is -2.38. The van der Waals surface area contributed by atoms with E-state index in [1.807, 2.05) is 6.07 Å². The first-order valence-corrected chi connectivity index (χ1v) is 7.95. The zero-order chi connectivity index (χ0) is 17.6. The van der Waals surface area contributed by atoms with Gasteiger partial charge in [0.2, 0.25) is 0 Å². The second-order valence-electron chi connectivity index (χ2n) is 5.22. The van der Waals surface area contributed by atoms with E-state index in [1.165, 1.54) is 0 Å². The van der Waals surface area contributed by atoms with Crippen LogP contribution in [0, 0.1) is 11.3 Å². The van der Waals surface area contributed by atoms with Gasteiger partial charge in [0.05, 0.1) is 12.7 Å². The first kappa shape index (κ1) is 17.8. The third-order valence-corrected chi connectivity index (χ3v) is 4.10. The Morgan fingerprint density at radius 3 is 2.33 bits per heavy atom. The maximum atomic E-state index is 12.7. The number of hydrogen-bond donors (Lipinski definition) is 1. The van der Waals surface area contributed by atoms with E-state index in [0.717, 1.165) is 0 Å². The smallest absolute Gasteiger partial charge is 0.331 e. The summed E-state index contributed by atoms with van der Waals surface area (Å²) in [5, 5.41) is 9.77. The van der Waals surface area contributed by atoms with Crippen molar-refractivity contribution in [2.24, 2.45) is 0 Å². The Morgan fingerprint density at radius 2 is 1.75 bits per heavy atom. The number of carbonyl (C=O) groups excluding carboxylic acids is 2. The fourth-order valence-electron chi connectivity index (χ4n) is 2.46. The van der Waals surface area contributed by atoms with Gasteiger partial charge in [0.25, 0.3) is 0 Å². The molecule has 0 saturated carbocycles. The van der Waals surface area contributed by atoms with Gasteiger partial charge in [-0.15, -0.1) is 12.6 Å². The molecule has 1 atom stereocenters. The van der Waals surface area contributed by atoms with Gasteiger partial charge in [-0.1, -0.05) is 48.5 Å². The van der Waals surface area contributed by atoms with Crippen LogP contribution in [0.5, 0.6) is 0 Å². The lowest BCUT2D eigenvalue weighted by molar-refractivity contribution is -0.147. The van der Waals surface area contributed by atoms with E-state index in [4.69, 9.17) is 4.74 Å². The average Bonchev–Trinajstić information content (AvgIpc) is 2.61. The zero-order valence-electron chi connectivity index (χ0n) is 13.2. The minimum atomic E-state index is -1.68. The summed E-state index contributed by atoms with van der Waals surface area (Å²) in [5.41, 5.74) is -0.860. The van der Waals surface area contributed by atoms with E-state index < -0.39 is 11.4 Å². The van der Waals surface area contributed by atoms with Crippen molar-refractivity contribution in [1.82, 2.24) is 0 Å². The van der Waals surface area contributed by atoms with Gasteiger partial charge in [-0.3, -0.25) is 4.79 Å². The lowest BCUT2D eigenvalue weighted by atomic mass is 9.76. The summed E-state index contributed by atoms with van der Waals surface area (Å²) in [4.78, 5) is 25.8. The molecule has 1 unspecified atom stereocenters. The molecule has 0 radical (unpaired) electrons. The van der Waals surface area contributed by atoms with Gasteiger partial charge in [0.1, 0.15) is 0 Å². The third kappa shape index (κ3) is 3.50. The van der Waals surface area contributed by atoms with E-state index >= 15 is 0 Å². The molecule has 2 aromatic carbocycles. The normalized spacial score (nSPS) is 12.7. The highest BCUT2D eigenvalue weighted by atomic mass is 32.1. The molecule has 5 heteroatoms. The van der Waals surface area contributed by atoms with Gasteiger partial charge in [-0.05, 0) is 18.6 Å². The number of nitriles is 1. The molecule has 0 N–H and O–H groups in total. The molecule has 0 heterocycles. The Hall–Kier alpha value is -2.58. The maximum Gasteiger partial charge on any atom is 0.331 e. The molecule has 0 bridgehead atoms. The van der Waals surface area contributed by atoms with E-state index in [0.29, 0.717) is 16.0 Å². The quantitative estimate of drug-likeness (QED) is 0.496. The fourth-order valence-corrected chi connectivity index (χ4v) is 2.75. The Balaban J connectivity index is 2.47. The summed E-state index contributed by atoms with van der Waals surface area (Å²) in [6.45, 7) is 1.79. The van der Waals surface area contributed by atoms with Crippen LogP contribution >= 0.6 is 12.6 Å². The SMILES string of the molecule is CCOC(=O)C(C#N)(CC(=O)c1ccccc1S)c1ccccc1. The second kappa shape index (κ2) is 7.80. The number of Topliss-reactive ketones (excluding diaryl/α,β-unsaturated/α-hetero) is 1. The summed E-state index contributed by atoms with van der Waals surface area (Å²) >= 11 is 4.28. The number of thiol groups is 1. The van der Waals surface area contributed by atoms with Crippen molar-refractivity contribution in [1.29, 1.82) is 5.26 Å². The Kier molecular flexibility index (Phi) is 5.78. The second-order valence-corrected chi connectivity index (χ2v) is 5.70. The summed E-state index contributed by atoms with van der Waals surface area (Å²) in [7, 11) is 0. The fraction of sp³-hybridized carbons (Fsp3) is 0.211. The summed E-state index contributed by atoms with van der Waals surface area (Å²) in [6, 6.07) is 17.3. The van der Waals surface area contributed by atoms with E-state index in [2.05, 4.69) is 12.6 Å². The Labute approximate surface area is 146 Å². The van der Waals surface area contributed by atoms with Crippen LogP contribution in [-0.2, 0) is 14.9 Å². The highest BCUT2D eigenvalue weighted by Gasteiger charge is 2.44. The van der Waals surface area contributed by atoms with Crippen molar-refractivity contribution >= 4 is 24.4 Å². The van der Waals surface area contributed by atoms with Crippen LogP contribution in [0.3, 0.4) is 0 Å². The van der Waals surface area contributed by atoms with Crippen LogP contribution in [0.1, 0.15) is 29.3 Å². The van der Waals surface area contributed by atoms with Gasteiger partial charge < -0.3 is 4.74 Å². The summed E-state index contributed by atoms with van der Waals surface area (Å²) in [5.74, 6) is -1.05. The van der Waals surface area contributed by atoms with Gasteiger partial charge in [-0.2, -0.15) is 5.26 Å². The molecule has 0 aliphatic heterocycles. The van der Waals surface area contributed by atoms with Crippen molar-refractivity contribution in [3.05, 3.63) is 65.7 Å². The van der Waals surface area contributed by atoms with Gasteiger partial charge in [0, 0.05) is 16.9 Å². The minimum absolute atomic E-state index is 0.131. The van der Waals surface area contributed by atoms with Crippen LogP contribution < -0.4 is 0 Å². The first-order valence-electron chi connectivity index (χ1n) is 7.50. The monoisotopic (exact) mass is 339 g/mol. The molecule has 0 aliphatic rings. The van der Waals surface area contributed by atoms with Crippen LogP contribution in [0.2, 0.25) is 0 Å². The van der Waals surface area contributed by atoms with Crippen LogP contribution in [0.4, 0.5) is 0 Å². The number of nitrogens with zero attached hydrogens (tertiary/aromatic N) is 1. The number of hydrogen-bond acceptors (Lipinski definition) is 5. The summed E-state index contributed by atoms with van der Waals surface area (Å²) in [6.07, 6.45) is -0.302. The maximum absolute atomic E-state index is 12.7. The lowest BCUT2D eigenvalue weighted by Gasteiger charge is -2.24. The predicted octanol–water partition coefficient (Wildman–Crippen LogP) is 3.57. The molecule has 4 nitrogen and oxygen atoms in total. The highest BCUT2D eigenvalue weighted by molar-refractivity contribution is 7.80. The standard InChI is InChI=1S/C19H17NO3S/c1-2-23-18(22)19(13-20,14-8-4-3-5-9-14)12-16(21)15-10-6-7-11-17(15)24/h3-11,24H,2,12H2,1H3. The number of carbonyl (C=O) groups is 2. The third-order valence-electron chi connectivity index (χ3n) is 3.71. The summed E-state index contributed by atoms with van der Waals surface area (Å²) < 4.78 is 5.09.